The fraction of sp³-hybridized carbons (Fsp3) is 0.455. The fourth-order valence-electron chi connectivity index (χ4n) is 5.16. The number of pyridine rings is 1. The number of hydrogen-bond donors (Lipinski definition) is 1. The summed E-state index contributed by atoms with van der Waals surface area (Å²) in [6, 6.07) is 7.67. The van der Waals surface area contributed by atoms with Gasteiger partial charge in [-0.15, -0.1) is 0 Å². The highest BCUT2D eigenvalue weighted by Crippen LogP contribution is 2.48. The number of nitrogens with one attached hydrogen (secondary N) is 1. The molecule has 0 aromatic carbocycles. The number of piperidine rings is 1. The zero-order valence-corrected chi connectivity index (χ0v) is 17.5. The minimum absolute atomic E-state index is 0.120. The minimum Gasteiger partial charge on any atom is -0.347 e. The van der Waals surface area contributed by atoms with Gasteiger partial charge in [0.2, 0.25) is 0 Å². The van der Waals surface area contributed by atoms with Crippen LogP contribution >= 0.6 is 0 Å². The molecule has 1 amide bonds. The Morgan fingerprint density at radius 1 is 1.17 bits per heavy atom. The van der Waals surface area contributed by atoms with E-state index in [9.17, 15) is 4.79 Å². The van der Waals surface area contributed by atoms with E-state index in [-0.39, 0.29) is 17.2 Å². The van der Waals surface area contributed by atoms with E-state index in [1.165, 1.54) is 0 Å². The summed E-state index contributed by atoms with van der Waals surface area (Å²) in [5, 5.41) is 7.68. The molecule has 30 heavy (non-hydrogen) atoms. The Morgan fingerprint density at radius 3 is 2.63 bits per heavy atom. The molecule has 2 aliphatic rings. The van der Waals surface area contributed by atoms with E-state index in [0.29, 0.717) is 5.82 Å². The Balaban J connectivity index is 1.35. The smallest absolute Gasteiger partial charge is 0.270 e. The summed E-state index contributed by atoms with van der Waals surface area (Å²) in [5.41, 5.74) is 1.84. The first-order valence-corrected chi connectivity index (χ1v) is 10.5. The lowest BCUT2D eigenvalue weighted by molar-refractivity contribution is 0.0554. The second-order valence-electron chi connectivity index (χ2n) is 8.69. The second kappa shape index (κ2) is 7.36. The number of nitrogens with zero attached hydrogens (tertiary/aromatic N) is 6. The number of aromatic nitrogens is 5. The van der Waals surface area contributed by atoms with E-state index < -0.39 is 0 Å². The molecule has 2 saturated heterocycles. The Labute approximate surface area is 175 Å². The van der Waals surface area contributed by atoms with Gasteiger partial charge in [0, 0.05) is 63.3 Å². The molecule has 1 atom stereocenters. The lowest BCUT2D eigenvalue weighted by Crippen LogP contribution is -2.46. The zero-order valence-electron chi connectivity index (χ0n) is 17.5. The first-order chi connectivity index (χ1) is 14.6. The highest BCUT2D eigenvalue weighted by Gasteiger charge is 2.49. The monoisotopic (exact) mass is 405 g/mol. The maximum Gasteiger partial charge on any atom is 0.270 e. The van der Waals surface area contributed by atoms with Crippen LogP contribution in [0.5, 0.6) is 0 Å². The quantitative estimate of drug-likeness (QED) is 0.722. The van der Waals surface area contributed by atoms with Crippen LogP contribution in [0.3, 0.4) is 0 Å². The number of aromatic amines is 1. The maximum absolute atomic E-state index is 12.9. The van der Waals surface area contributed by atoms with E-state index in [2.05, 4.69) is 27.1 Å². The lowest BCUT2D eigenvalue weighted by Gasteiger charge is -2.42. The summed E-state index contributed by atoms with van der Waals surface area (Å²) in [6.45, 7) is 3.53. The van der Waals surface area contributed by atoms with Gasteiger partial charge in [0.1, 0.15) is 11.5 Å². The molecule has 2 fully saturated rings. The number of amides is 1. The van der Waals surface area contributed by atoms with E-state index in [0.717, 1.165) is 56.1 Å². The molecule has 156 valence electrons. The second-order valence-corrected chi connectivity index (χ2v) is 8.69. The Kier molecular flexibility index (Phi) is 4.66. The number of H-pyrrole nitrogens is 1. The normalized spacial score (nSPS) is 21.4. The largest absolute Gasteiger partial charge is 0.347 e. The summed E-state index contributed by atoms with van der Waals surface area (Å²) < 4.78 is 1.90. The van der Waals surface area contributed by atoms with E-state index >= 15 is 0 Å². The van der Waals surface area contributed by atoms with Gasteiger partial charge in [0.25, 0.3) is 5.91 Å². The van der Waals surface area contributed by atoms with Crippen LogP contribution in [-0.2, 0) is 7.05 Å². The number of carbonyl (C=O) groups excluding carboxylic acids is 1. The third-order valence-corrected chi connectivity index (χ3v) is 6.80. The van der Waals surface area contributed by atoms with Crippen LogP contribution in [0.1, 0.15) is 35.1 Å². The van der Waals surface area contributed by atoms with Gasteiger partial charge < -0.3 is 14.4 Å². The van der Waals surface area contributed by atoms with Crippen molar-refractivity contribution in [1.29, 1.82) is 0 Å². The highest BCUT2D eigenvalue weighted by atomic mass is 16.2. The molecule has 8 nitrogen and oxygen atoms in total. The average Bonchev–Trinajstić information content (AvgIpc) is 3.48. The standard InChI is InChI=1S/C22H27N7O/c1-27-14-17(20-24-19(25-26-20)16-5-9-23-10-6-16)22(15-27)7-12-29(13-8-22)21(30)18-4-3-11-28(18)2/h3-6,9-11,17H,7-8,12-15H2,1-2H3,(H,24,25,26). The van der Waals surface area contributed by atoms with Crippen molar-refractivity contribution >= 4 is 5.91 Å². The molecule has 0 saturated carbocycles. The predicted molar refractivity (Wildman–Crippen MR) is 113 cm³/mol. The first kappa shape index (κ1) is 19.0. The number of hydrogen-bond acceptors (Lipinski definition) is 5. The number of carbonyl (C=O) groups is 1. The third kappa shape index (κ3) is 3.21. The average molecular weight is 406 g/mol. The molecule has 0 radical (unpaired) electrons. The van der Waals surface area contributed by atoms with Crippen molar-refractivity contribution in [2.24, 2.45) is 12.5 Å². The summed E-state index contributed by atoms with van der Waals surface area (Å²) in [5.74, 6) is 2.08. The fourth-order valence-corrected chi connectivity index (χ4v) is 5.16. The lowest BCUT2D eigenvalue weighted by atomic mass is 9.70. The predicted octanol–water partition coefficient (Wildman–Crippen LogP) is 2.16. The molecule has 8 heteroatoms. The van der Waals surface area contributed by atoms with Gasteiger partial charge in [0.15, 0.2) is 5.82 Å². The first-order valence-electron chi connectivity index (χ1n) is 10.5. The van der Waals surface area contributed by atoms with Crippen LogP contribution in [0, 0.1) is 5.41 Å². The Bertz CT molecular complexity index is 1030. The molecule has 5 rings (SSSR count). The molecule has 0 aliphatic carbocycles. The maximum atomic E-state index is 12.9. The number of likely N-dealkylation sites (tertiary alicyclic amines) is 2. The number of aryl methyl sites for hydroxylation is 1. The van der Waals surface area contributed by atoms with Crippen molar-refractivity contribution in [3.8, 4) is 11.4 Å². The van der Waals surface area contributed by atoms with Crippen molar-refractivity contribution in [1.82, 2.24) is 34.5 Å². The Morgan fingerprint density at radius 2 is 1.93 bits per heavy atom. The van der Waals surface area contributed by atoms with Gasteiger partial charge in [-0.05, 0) is 49.6 Å². The molecular formula is C22H27N7O. The van der Waals surface area contributed by atoms with Crippen molar-refractivity contribution in [2.75, 3.05) is 33.2 Å². The topological polar surface area (TPSA) is 82.9 Å². The van der Waals surface area contributed by atoms with Crippen LogP contribution in [0.25, 0.3) is 11.4 Å². The van der Waals surface area contributed by atoms with Crippen LogP contribution in [0.15, 0.2) is 42.9 Å². The molecule has 5 heterocycles. The van der Waals surface area contributed by atoms with Gasteiger partial charge in [-0.1, -0.05) is 0 Å². The highest BCUT2D eigenvalue weighted by molar-refractivity contribution is 5.92. The molecule has 1 unspecified atom stereocenters. The SMILES string of the molecule is CN1CC(c2nc(-c3ccncc3)n[nH]2)C2(CCN(C(=O)c3cccn3C)CC2)C1. The summed E-state index contributed by atoms with van der Waals surface area (Å²) in [7, 11) is 4.09. The van der Waals surface area contributed by atoms with Gasteiger partial charge >= 0.3 is 0 Å². The van der Waals surface area contributed by atoms with Gasteiger partial charge in [0.05, 0.1) is 0 Å². The van der Waals surface area contributed by atoms with Crippen LogP contribution < -0.4 is 0 Å². The molecule has 3 aromatic heterocycles. The van der Waals surface area contributed by atoms with Crippen molar-refractivity contribution in [2.45, 2.75) is 18.8 Å². The third-order valence-electron chi connectivity index (χ3n) is 6.80. The van der Waals surface area contributed by atoms with Crippen LogP contribution in [0.4, 0.5) is 0 Å². The van der Waals surface area contributed by atoms with Crippen molar-refractivity contribution in [3.63, 3.8) is 0 Å². The van der Waals surface area contributed by atoms with Gasteiger partial charge in [-0.3, -0.25) is 14.9 Å². The molecule has 0 bridgehead atoms. The van der Waals surface area contributed by atoms with Crippen LogP contribution in [0.2, 0.25) is 0 Å². The van der Waals surface area contributed by atoms with E-state index in [1.807, 2.05) is 47.0 Å². The van der Waals surface area contributed by atoms with Gasteiger partial charge in [-0.2, -0.15) is 5.10 Å². The van der Waals surface area contributed by atoms with E-state index in [4.69, 9.17) is 4.98 Å². The van der Waals surface area contributed by atoms with Crippen molar-refractivity contribution < 1.29 is 4.79 Å². The molecule has 1 spiro atoms. The number of rotatable bonds is 3. The summed E-state index contributed by atoms with van der Waals surface area (Å²) in [4.78, 5) is 26.2. The van der Waals surface area contributed by atoms with E-state index in [1.54, 1.807) is 12.4 Å². The number of likely N-dealkylation sites (N-methyl/N-ethyl adjacent to an activating group) is 1. The van der Waals surface area contributed by atoms with Crippen molar-refractivity contribution in [3.05, 3.63) is 54.4 Å². The van der Waals surface area contributed by atoms with Gasteiger partial charge in [-0.25, -0.2) is 4.98 Å². The van der Waals surface area contributed by atoms with Crippen LogP contribution in [-0.4, -0.2) is 73.7 Å². The Hall–Kier alpha value is -3.00. The summed E-state index contributed by atoms with van der Waals surface area (Å²) in [6.07, 6.45) is 7.39. The molecular weight excluding hydrogens is 378 g/mol. The molecule has 1 N–H and O–H groups in total. The summed E-state index contributed by atoms with van der Waals surface area (Å²) >= 11 is 0. The molecule has 2 aliphatic heterocycles. The zero-order chi connectivity index (χ0) is 20.7. The molecule has 3 aromatic rings. The minimum atomic E-state index is 0.120.